The Hall–Kier alpha value is -3.22. The van der Waals surface area contributed by atoms with E-state index < -0.39 is 5.60 Å². The lowest BCUT2D eigenvalue weighted by Gasteiger charge is -2.31. The van der Waals surface area contributed by atoms with Crippen LogP contribution in [0.2, 0.25) is 5.02 Å². The number of piperidine rings is 1. The van der Waals surface area contributed by atoms with Gasteiger partial charge in [-0.2, -0.15) is 10.4 Å². The fourth-order valence-corrected chi connectivity index (χ4v) is 5.27. The average molecular weight is 554 g/mol. The van der Waals surface area contributed by atoms with Crippen LogP contribution in [0.15, 0.2) is 30.3 Å². The zero-order chi connectivity index (χ0) is 28.0. The van der Waals surface area contributed by atoms with Gasteiger partial charge in [-0.15, -0.1) is 5.10 Å². The van der Waals surface area contributed by atoms with E-state index in [4.69, 9.17) is 26.3 Å². The number of carbonyl (C=O) groups is 2. The Bertz CT molecular complexity index is 1190. The number of benzene rings is 1. The van der Waals surface area contributed by atoms with Crippen LogP contribution in [0, 0.1) is 11.3 Å². The third-order valence-electron chi connectivity index (χ3n) is 7.07. The molecule has 1 aromatic heterocycles. The molecule has 1 aliphatic carbocycles. The van der Waals surface area contributed by atoms with E-state index in [0.717, 1.165) is 57.3 Å². The van der Waals surface area contributed by atoms with E-state index in [2.05, 4.69) is 20.4 Å². The zero-order valence-corrected chi connectivity index (χ0v) is 23.5. The maximum Gasteiger partial charge on any atom is 0.320 e. The minimum atomic E-state index is -0.477. The van der Waals surface area contributed by atoms with Crippen LogP contribution in [0.3, 0.4) is 0 Å². The number of rotatable bonds is 7. The molecule has 0 unspecified atom stereocenters. The van der Waals surface area contributed by atoms with Crippen LogP contribution in [-0.2, 0) is 9.53 Å². The van der Waals surface area contributed by atoms with Crippen molar-refractivity contribution in [1.29, 1.82) is 5.26 Å². The summed E-state index contributed by atoms with van der Waals surface area (Å²) in [6, 6.07) is 10.8. The van der Waals surface area contributed by atoms with Crippen LogP contribution in [0.25, 0.3) is 0 Å². The summed E-state index contributed by atoms with van der Waals surface area (Å²) in [5.41, 5.74) is 1.14. The summed E-state index contributed by atoms with van der Waals surface area (Å²) in [6.07, 6.45) is 5.00. The largest absolute Gasteiger partial charge is 0.490 e. The van der Waals surface area contributed by atoms with Crippen LogP contribution in [0.1, 0.15) is 87.0 Å². The van der Waals surface area contributed by atoms with Crippen molar-refractivity contribution >= 4 is 23.5 Å². The molecule has 1 aliphatic heterocycles. The van der Waals surface area contributed by atoms with Crippen molar-refractivity contribution in [2.45, 2.75) is 83.0 Å². The van der Waals surface area contributed by atoms with Crippen LogP contribution >= 0.6 is 11.6 Å². The van der Waals surface area contributed by atoms with Gasteiger partial charge >= 0.3 is 5.97 Å². The van der Waals surface area contributed by atoms with Gasteiger partial charge in [-0.25, -0.2) is 0 Å². The molecule has 4 rings (SSSR count). The smallest absolute Gasteiger partial charge is 0.320 e. The van der Waals surface area contributed by atoms with Gasteiger partial charge in [0.05, 0.1) is 28.9 Å². The molecule has 1 aromatic carbocycles. The Kier molecular flexibility index (Phi) is 9.41. The Morgan fingerprint density at radius 2 is 1.79 bits per heavy atom. The van der Waals surface area contributed by atoms with Crippen molar-refractivity contribution in [1.82, 2.24) is 20.4 Å². The van der Waals surface area contributed by atoms with E-state index in [9.17, 15) is 9.59 Å². The van der Waals surface area contributed by atoms with Crippen molar-refractivity contribution in [3.05, 3.63) is 52.3 Å². The Morgan fingerprint density at radius 3 is 2.38 bits per heavy atom. The van der Waals surface area contributed by atoms with E-state index in [-0.39, 0.29) is 29.9 Å². The number of amides is 1. The van der Waals surface area contributed by atoms with Gasteiger partial charge in [-0.3, -0.25) is 14.5 Å². The topological polar surface area (TPSA) is 117 Å². The van der Waals surface area contributed by atoms with E-state index in [0.29, 0.717) is 28.6 Å². The number of carbonyl (C=O) groups excluding carboxylic acids is 2. The van der Waals surface area contributed by atoms with E-state index in [1.165, 1.54) is 0 Å². The van der Waals surface area contributed by atoms with Gasteiger partial charge in [0.25, 0.3) is 5.91 Å². The number of halogens is 1. The van der Waals surface area contributed by atoms with Gasteiger partial charge in [0.1, 0.15) is 17.4 Å². The van der Waals surface area contributed by atoms with E-state index in [1.807, 2.05) is 32.9 Å². The lowest BCUT2D eigenvalue weighted by molar-refractivity contribution is -0.156. The molecule has 0 bridgehead atoms. The first-order valence-electron chi connectivity index (χ1n) is 13.5. The lowest BCUT2D eigenvalue weighted by atomic mass is 9.92. The number of nitrogens with zero attached hydrogens (tertiary/aromatic N) is 4. The number of nitrogens with one attached hydrogen (secondary N) is 1. The van der Waals surface area contributed by atoms with Crippen molar-refractivity contribution < 1.29 is 19.1 Å². The van der Waals surface area contributed by atoms with E-state index in [1.54, 1.807) is 24.3 Å². The monoisotopic (exact) mass is 553 g/mol. The number of hydrogen-bond acceptors (Lipinski definition) is 8. The number of hydrogen-bond donors (Lipinski definition) is 1. The molecular weight excluding hydrogens is 518 g/mol. The quantitative estimate of drug-likeness (QED) is 0.493. The van der Waals surface area contributed by atoms with Crippen LogP contribution in [0.4, 0.5) is 0 Å². The highest BCUT2D eigenvalue weighted by atomic mass is 35.5. The Labute approximate surface area is 234 Å². The second-order valence-corrected chi connectivity index (χ2v) is 11.7. The van der Waals surface area contributed by atoms with Crippen molar-refractivity contribution in [3.63, 3.8) is 0 Å². The highest BCUT2D eigenvalue weighted by molar-refractivity contribution is 6.31. The molecule has 1 amide bonds. The maximum absolute atomic E-state index is 12.8. The molecule has 2 aliphatic rings. The molecule has 2 fully saturated rings. The number of ether oxygens (including phenoxy) is 2. The first-order valence-corrected chi connectivity index (χ1v) is 13.9. The van der Waals surface area contributed by atoms with E-state index >= 15 is 0 Å². The van der Waals surface area contributed by atoms with Crippen molar-refractivity contribution in [2.24, 2.45) is 0 Å². The number of esters is 1. The SMILES string of the molecule is CC(C)(C)OC(=O)CN1CCC(c2ccc(C(=O)NC3CCC(Oc4ccc(C#N)c(Cl)c4)CC3)nn2)CC1. The molecule has 0 radical (unpaired) electrons. The Morgan fingerprint density at radius 1 is 1.08 bits per heavy atom. The third-order valence-corrected chi connectivity index (χ3v) is 7.38. The van der Waals surface area contributed by atoms with Gasteiger partial charge in [-0.1, -0.05) is 11.6 Å². The molecule has 2 heterocycles. The van der Waals surface area contributed by atoms with Gasteiger partial charge in [0, 0.05) is 18.0 Å². The molecule has 0 atom stereocenters. The molecular formula is C29H36ClN5O4. The lowest BCUT2D eigenvalue weighted by Crippen LogP contribution is -2.40. The average Bonchev–Trinajstić information content (AvgIpc) is 2.89. The van der Waals surface area contributed by atoms with Crippen LogP contribution in [0.5, 0.6) is 5.75 Å². The fraction of sp³-hybridized carbons (Fsp3) is 0.552. The molecule has 1 saturated heterocycles. The first-order chi connectivity index (χ1) is 18.6. The second kappa shape index (κ2) is 12.8. The van der Waals surface area contributed by atoms with Crippen molar-refractivity contribution in [3.8, 4) is 11.8 Å². The zero-order valence-electron chi connectivity index (χ0n) is 22.8. The summed E-state index contributed by atoms with van der Waals surface area (Å²) >= 11 is 6.10. The van der Waals surface area contributed by atoms with Crippen LogP contribution in [-0.4, -0.2) is 64.4 Å². The predicted octanol–water partition coefficient (Wildman–Crippen LogP) is 4.64. The molecule has 2 aromatic rings. The maximum atomic E-state index is 12.8. The fourth-order valence-electron chi connectivity index (χ4n) is 5.06. The highest BCUT2D eigenvalue weighted by Gasteiger charge is 2.27. The van der Waals surface area contributed by atoms with Gasteiger partial charge in [-0.05, 0) is 96.7 Å². The summed E-state index contributed by atoms with van der Waals surface area (Å²) < 4.78 is 11.5. The summed E-state index contributed by atoms with van der Waals surface area (Å²) in [7, 11) is 0. The number of likely N-dealkylation sites (tertiary alicyclic amines) is 1. The molecule has 9 nitrogen and oxygen atoms in total. The van der Waals surface area contributed by atoms with Crippen LogP contribution < -0.4 is 10.1 Å². The minimum absolute atomic E-state index is 0.0387. The standard InChI is InChI=1S/C29H36ClN5O4/c1-29(2,3)39-27(36)18-35-14-12-19(13-15-35)25-10-11-26(34-33-25)28(37)32-21-5-8-22(9-6-21)38-23-7-4-20(17-31)24(30)16-23/h4,7,10-11,16,19,21-22H,5-6,8-9,12-15,18H2,1-3H3,(H,32,37). The molecule has 10 heteroatoms. The molecule has 1 saturated carbocycles. The molecule has 0 spiro atoms. The summed E-state index contributed by atoms with van der Waals surface area (Å²) in [5.74, 6) is 0.485. The summed E-state index contributed by atoms with van der Waals surface area (Å²) in [6.45, 7) is 7.49. The van der Waals surface area contributed by atoms with Crippen molar-refractivity contribution in [2.75, 3.05) is 19.6 Å². The second-order valence-electron chi connectivity index (χ2n) is 11.3. The third kappa shape index (κ3) is 8.38. The van der Waals surface area contributed by atoms with Gasteiger partial charge in [0.2, 0.25) is 0 Å². The normalized spacial score (nSPS) is 20.6. The summed E-state index contributed by atoms with van der Waals surface area (Å²) in [5, 5.41) is 21.0. The molecule has 39 heavy (non-hydrogen) atoms. The number of aromatic nitrogens is 2. The van der Waals surface area contributed by atoms with Gasteiger partial charge in [0.15, 0.2) is 5.69 Å². The highest BCUT2D eigenvalue weighted by Crippen LogP contribution is 2.28. The number of nitriles is 1. The van der Waals surface area contributed by atoms with Gasteiger partial charge < -0.3 is 14.8 Å². The summed E-state index contributed by atoms with van der Waals surface area (Å²) in [4.78, 5) is 27.0. The minimum Gasteiger partial charge on any atom is -0.490 e. The molecule has 208 valence electrons. The first kappa shape index (κ1) is 28.8. The predicted molar refractivity (Wildman–Crippen MR) is 147 cm³/mol. The molecule has 1 N–H and O–H groups in total. The Balaban J connectivity index is 1.19.